The van der Waals surface area contributed by atoms with Crippen LogP contribution in [-0.4, -0.2) is 66.9 Å². The van der Waals surface area contributed by atoms with Crippen molar-refractivity contribution in [2.45, 2.75) is 38.3 Å². The molecule has 2 aromatic carbocycles. The van der Waals surface area contributed by atoms with Gasteiger partial charge in [0.15, 0.2) is 11.4 Å². The normalized spacial score (nSPS) is 24.0. The standard InChI is InChI=1S/C27H33FN4O2/c28-24-7-4-8-25-26(24)27(29-34-25)32-14-13-31-17-21(9-10-22(31)18-32)19-33-23-6-3-5-20(15-23)16-30-11-1-2-12-30/h3-8,15,21-22H,1-2,9-14,16-19H2/t21-,22-/m0/s1. The van der Waals surface area contributed by atoms with Crippen LogP contribution in [0.1, 0.15) is 31.2 Å². The number of ether oxygens (including phenoxy) is 1. The number of benzene rings is 2. The van der Waals surface area contributed by atoms with Crippen LogP contribution in [0, 0.1) is 11.7 Å². The number of halogens is 1. The first kappa shape index (κ1) is 21.9. The lowest BCUT2D eigenvalue weighted by Crippen LogP contribution is -2.57. The van der Waals surface area contributed by atoms with Crippen molar-refractivity contribution in [1.82, 2.24) is 15.0 Å². The molecule has 1 aromatic heterocycles. The van der Waals surface area contributed by atoms with Crippen molar-refractivity contribution in [2.24, 2.45) is 5.92 Å². The monoisotopic (exact) mass is 464 g/mol. The Morgan fingerprint density at radius 2 is 1.88 bits per heavy atom. The van der Waals surface area contributed by atoms with Gasteiger partial charge in [0.1, 0.15) is 17.0 Å². The fourth-order valence-electron chi connectivity index (χ4n) is 5.88. The maximum atomic E-state index is 14.4. The van der Waals surface area contributed by atoms with Crippen LogP contribution < -0.4 is 9.64 Å². The summed E-state index contributed by atoms with van der Waals surface area (Å²) in [7, 11) is 0. The van der Waals surface area contributed by atoms with Crippen molar-refractivity contribution in [3.8, 4) is 5.75 Å². The predicted octanol–water partition coefficient (Wildman–Crippen LogP) is 4.54. The molecule has 0 N–H and O–H groups in total. The van der Waals surface area contributed by atoms with E-state index in [2.05, 4.69) is 44.1 Å². The van der Waals surface area contributed by atoms with Gasteiger partial charge in [-0.05, 0) is 68.6 Å². The smallest absolute Gasteiger partial charge is 0.183 e. The molecule has 6 nitrogen and oxygen atoms in total. The summed E-state index contributed by atoms with van der Waals surface area (Å²) >= 11 is 0. The number of piperazine rings is 1. The molecule has 3 saturated heterocycles. The maximum Gasteiger partial charge on any atom is 0.183 e. The van der Waals surface area contributed by atoms with E-state index in [0.29, 0.717) is 28.7 Å². The minimum absolute atomic E-state index is 0.262. The lowest BCUT2D eigenvalue weighted by atomic mass is 9.91. The summed E-state index contributed by atoms with van der Waals surface area (Å²) in [5.41, 5.74) is 1.86. The fourth-order valence-corrected chi connectivity index (χ4v) is 5.88. The van der Waals surface area contributed by atoms with Crippen molar-refractivity contribution in [2.75, 3.05) is 50.8 Å². The molecule has 0 aliphatic carbocycles. The Bertz CT molecular complexity index is 1130. The Morgan fingerprint density at radius 1 is 1.00 bits per heavy atom. The molecule has 3 aliphatic rings. The lowest BCUT2D eigenvalue weighted by molar-refractivity contribution is 0.0726. The van der Waals surface area contributed by atoms with Gasteiger partial charge in [0.25, 0.3) is 0 Å². The van der Waals surface area contributed by atoms with E-state index in [4.69, 9.17) is 9.26 Å². The van der Waals surface area contributed by atoms with E-state index in [0.717, 1.165) is 57.9 Å². The second-order valence-corrected chi connectivity index (χ2v) is 10.1. The van der Waals surface area contributed by atoms with E-state index in [1.165, 1.54) is 37.6 Å². The third kappa shape index (κ3) is 4.51. The van der Waals surface area contributed by atoms with Gasteiger partial charge in [-0.3, -0.25) is 9.80 Å². The van der Waals surface area contributed by atoms with E-state index >= 15 is 0 Å². The number of rotatable bonds is 6. The molecule has 7 heteroatoms. The van der Waals surface area contributed by atoms with Crippen LogP contribution in [0.2, 0.25) is 0 Å². The molecule has 6 rings (SSSR count). The van der Waals surface area contributed by atoms with Crippen LogP contribution in [0.15, 0.2) is 47.0 Å². The molecule has 3 aromatic rings. The van der Waals surface area contributed by atoms with Gasteiger partial charge >= 0.3 is 0 Å². The van der Waals surface area contributed by atoms with Gasteiger partial charge in [-0.15, -0.1) is 0 Å². The van der Waals surface area contributed by atoms with E-state index in [1.54, 1.807) is 12.1 Å². The Morgan fingerprint density at radius 3 is 2.79 bits per heavy atom. The molecule has 3 fully saturated rings. The number of anilines is 1. The van der Waals surface area contributed by atoms with Crippen LogP contribution in [-0.2, 0) is 6.54 Å². The lowest BCUT2D eigenvalue weighted by Gasteiger charge is -2.46. The van der Waals surface area contributed by atoms with Crippen LogP contribution in [0.3, 0.4) is 0 Å². The number of nitrogens with zero attached hydrogens (tertiary/aromatic N) is 4. The highest BCUT2D eigenvalue weighted by Crippen LogP contribution is 2.32. The first-order chi connectivity index (χ1) is 16.7. The van der Waals surface area contributed by atoms with Gasteiger partial charge in [0.2, 0.25) is 0 Å². The van der Waals surface area contributed by atoms with Gasteiger partial charge in [-0.25, -0.2) is 4.39 Å². The number of hydrogen-bond donors (Lipinski definition) is 0. The molecule has 0 saturated carbocycles. The first-order valence-corrected chi connectivity index (χ1v) is 12.7. The molecule has 0 radical (unpaired) electrons. The molecule has 0 spiro atoms. The van der Waals surface area contributed by atoms with E-state index < -0.39 is 0 Å². The molecule has 2 atom stereocenters. The molecule has 34 heavy (non-hydrogen) atoms. The summed E-state index contributed by atoms with van der Waals surface area (Å²) in [5.74, 6) is 1.91. The minimum atomic E-state index is -0.262. The average Bonchev–Trinajstić information content (AvgIpc) is 3.53. The van der Waals surface area contributed by atoms with E-state index in [9.17, 15) is 4.39 Å². The molecular weight excluding hydrogens is 431 g/mol. The highest BCUT2D eigenvalue weighted by atomic mass is 19.1. The van der Waals surface area contributed by atoms with Gasteiger partial charge in [0.05, 0.1) is 6.61 Å². The summed E-state index contributed by atoms with van der Waals surface area (Å²) in [6.45, 7) is 7.92. The number of hydrogen-bond acceptors (Lipinski definition) is 6. The third-order valence-electron chi connectivity index (χ3n) is 7.72. The Labute approximate surface area is 200 Å². The summed E-state index contributed by atoms with van der Waals surface area (Å²) in [4.78, 5) is 7.30. The van der Waals surface area contributed by atoms with Crippen molar-refractivity contribution in [1.29, 1.82) is 0 Å². The van der Waals surface area contributed by atoms with Gasteiger partial charge in [-0.2, -0.15) is 0 Å². The number of fused-ring (bicyclic) bond motifs is 2. The van der Waals surface area contributed by atoms with E-state index in [-0.39, 0.29) is 5.82 Å². The summed E-state index contributed by atoms with van der Waals surface area (Å²) in [6.07, 6.45) is 4.91. The quantitative estimate of drug-likeness (QED) is 0.534. The Hall–Kier alpha value is -2.64. The van der Waals surface area contributed by atoms with Crippen molar-refractivity contribution >= 4 is 16.8 Å². The highest BCUT2D eigenvalue weighted by Gasteiger charge is 2.34. The summed E-state index contributed by atoms with van der Waals surface area (Å²) < 4.78 is 26.1. The molecular formula is C27H33FN4O2. The zero-order valence-corrected chi connectivity index (χ0v) is 19.7. The largest absolute Gasteiger partial charge is 0.493 e. The molecule has 4 heterocycles. The van der Waals surface area contributed by atoms with Crippen molar-refractivity contribution < 1.29 is 13.7 Å². The van der Waals surface area contributed by atoms with Crippen LogP contribution in [0.25, 0.3) is 11.0 Å². The molecule has 0 bridgehead atoms. The van der Waals surface area contributed by atoms with Gasteiger partial charge in [0, 0.05) is 44.7 Å². The van der Waals surface area contributed by atoms with Crippen molar-refractivity contribution in [3.05, 3.63) is 53.8 Å². The first-order valence-electron chi connectivity index (χ1n) is 12.7. The topological polar surface area (TPSA) is 45.0 Å². The molecule has 0 amide bonds. The van der Waals surface area contributed by atoms with Gasteiger partial charge in [-0.1, -0.05) is 23.4 Å². The molecule has 180 valence electrons. The Balaban J connectivity index is 1.03. The fraction of sp³-hybridized carbons (Fsp3) is 0.519. The van der Waals surface area contributed by atoms with Crippen LogP contribution >= 0.6 is 0 Å². The van der Waals surface area contributed by atoms with Crippen LogP contribution in [0.5, 0.6) is 5.75 Å². The average molecular weight is 465 g/mol. The zero-order chi connectivity index (χ0) is 22.9. The maximum absolute atomic E-state index is 14.4. The second kappa shape index (κ2) is 9.55. The van der Waals surface area contributed by atoms with Crippen LogP contribution in [0.4, 0.5) is 10.2 Å². The predicted molar refractivity (Wildman–Crippen MR) is 131 cm³/mol. The highest BCUT2D eigenvalue weighted by molar-refractivity contribution is 5.89. The number of aromatic nitrogens is 1. The number of likely N-dealkylation sites (tertiary alicyclic amines) is 1. The third-order valence-corrected chi connectivity index (χ3v) is 7.72. The second-order valence-electron chi connectivity index (χ2n) is 10.1. The SMILES string of the molecule is Fc1cccc2onc(N3CCN4C[C@@H](COc5cccc(CN6CCCC6)c5)CC[C@H]4C3)c12. The van der Waals surface area contributed by atoms with Gasteiger partial charge < -0.3 is 14.2 Å². The number of piperidine rings is 1. The van der Waals surface area contributed by atoms with Crippen molar-refractivity contribution in [3.63, 3.8) is 0 Å². The summed E-state index contributed by atoms with van der Waals surface area (Å²) in [6, 6.07) is 14.0. The zero-order valence-electron chi connectivity index (χ0n) is 19.7. The Kier molecular flexibility index (Phi) is 6.14. The molecule has 0 unspecified atom stereocenters. The summed E-state index contributed by atoms with van der Waals surface area (Å²) in [5, 5.41) is 4.71. The minimum Gasteiger partial charge on any atom is -0.493 e. The molecule has 3 aliphatic heterocycles. The van der Waals surface area contributed by atoms with E-state index in [1.807, 2.05) is 0 Å².